The fourth-order valence-electron chi connectivity index (χ4n) is 3.29. The van der Waals surface area contributed by atoms with Gasteiger partial charge in [-0.05, 0) is 53.3 Å². The molecule has 2 N–H and O–H groups in total. The van der Waals surface area contributed by atoms with Crippen LogP contribution in [0, 0.1) is 0 Å². The molecule has 0 bridgehead atoms. The van der Waals surface area contributed by atoms with Gasteiger partial charge in [-0.15, -0.1) is 0 Å². The number of nitrogens with one attached hydrogen (secondary N) is 2. The lowest BCUT2D eigenvalue weighted by atomic mass is 10.0. The molecule has 6 heteroatoms. The van der Waals surface area contributed by atoms with Crippen LogP contribution in [0.5, 0.6) is 0 Å². The molecule has 2 aromatic heterocycles. The Morgan fingerprint density at radius 1 is 1.27 bits per heavy atom. The second-order valence-corrected chi connectivity index (χ2v) is 6.52. The van der Waals surface area contributed by atoms with Crippen LogP contribution in [-0.2, 0) is 16.0 Å². The highest BCUT2D eigenvalue weighted by molar-refractivity contribution is 5.94. The molecule has 132 valence electrons. The lowest BCUT2D eigenvalue weighted by molar-refractivity contribution is -0.125. The van der Waals surface area contributed by atoms with Crippen molar-refractivity contribution in [1.29, 1.82) is 0 Å². The number of aromatic nitrogens is 2. The number of rotatable bonds is 3. The number of pyridine rings is 1. The van der Waals surface area contributed by atoms with Crippen molar-refractivity contribution in [3.63, 3.8) is 0 Å². The third-order valence-corrected chi connectivity index (χ3v) is 4.77. The molecule has 0 atom stereocenters. The van der Waals surface area contributed by atoms with Crippen molar-refractivity contribution in [3.05, 3.63) is 59.6 Å². The van der Waals surface area contributed by atoms with Crippen LogP contribution >= 0.6 is 0 Å². The maximum absolute atomic E-state index is 12.4. The molecule has 2 aliphatic rings. The van der Waals surface area contributed by atoms with E-state index in [1.807, 2.05) is 23.4 Å². The lowest BCUT2D eigenvalue weighted by Gasteiger charge is -2.25. The fraction of sp³-hybridized carbons (Fsp3) is 0.250. The SMILES string of the molecule is O=C1CCc2cc(/C=C/C(=O)N3CC=C(c4cc[nH]c4)CC3)cnc2N1. The fourth-order valence-corrected chi connectivity index (χ4v) is 3.29. The van der Waals surface area contributed by atoms with E-state index in [1.165, 1.54) is 11.1 Å². The van der Waals surface area contributed by atoms with Crippen molar-refractivity contribution in [2.75, 3.05) is 18.4 Å². The van der Waals surface area contributed by atoms with Gasteiger partial charge in [0.1, 0.15) is 5.82 Å². The van der Waals surface area contributed by atoms with Crippen molar-refractivity contribution >= 4 is 29.3 Å². The molecule has 4 rings (SSSR count). The number of carbonyl (C=O) groups is 2. The van der Waals surface area contributed by atoms with Crippen molar-refractivity contribution in [1.82, 2.24) is 14.9 Å². The number of hydrogen-bond acceptors (Lipinski definition) is 3. The summed E-state index contributed by atoms with van der Waals surface area (Å²) >= 11 is 0. The highest BCUT2D eigenvalue weighted by Gasteiger charge is 2.17. The number of hydrogen-bond donors (Lipinski definition) is 2. The Hall–Kier alpha value is -3.15. The first kappa shape index (κ1) is 16.3. The first-order valence-corrected chi connectivity index (χ1v) is 8.77. The van der Waals surface area contributed by atoms with Gasteiger partial charge in [-0.3, -0.25) is 9.59 Å². The van der Waals surface area contributed by atoms with Gasteiger partial charge in [0.05, 0.1) is 0 Å². The standard InChI is InChI=1S/C20H20N4O2/c25-18-3-2-16-11-14(12-22-20(16)23-18)1-4-19(26)24-9-6-15(7-10-24)17-5-8-21-13-17/h1,4-6,8,11-13,21H,2-3,7,9-10H2,(H,22,23,25)/b4-1+. The zero-order valence-electron chi connectivity index (χ0n) is 14.4. The first-order valence-electron chi connectivity index (χ1n) is 8.77. The molecule has 2 aliphatic heterocycles. The van der Waals surface area contributed by atoms with Crippen LogP contribution in [0.2, 0.25) is 0 Å². The third-order valence-electron chi connectivity index (χ3n) is 4.77. The number of aromatic amines is 1. The molecule has 0 saturated carbocycles. The Morgan fingerprint density at radius 2 is 2.19 bits per heavy atom. The maximum atomic E-state index is 12.4. The quantitative estimate of drug-likeness (QED) is 0.837. The monoisotopic (exact) mass is 348 g/mol. The van der Waals surface area contributed by atoms with E-state index in [1.54, 1.807) is 18.3 Å². The van der Waals surface area contributed by atoms with Gasteiger partial charge in [-0.1, -0.05) is 6.08 Å². The summed E-state index contributed by atoms with van der Waals surface area (Å²) in [5.74, 6) is 0.629. The molecule has 0 unspecified atom stereocenters. The van der Waals surface area contributed by atoms with E-state index in [4.69, 9.17) is 0 Å². The summed E-state index contributed by atoms with van der Waals surface area (Å²) in [5, 5.41) is 2.76. The van der Waals surface area contributed by atoms with Crippen LogP contribution in [0.3, 0.4) is 0 Å². The Bertz CT molecular complexity index is 897. The van der Waals surface area contributed by atoms with Gasteiger partial charge in [0.15, 0.2) is 0 Å². The van der Waals surface area contributed by atoms with Crippen molar-refractivity contribution in [2.24, 2.45) is 0 Å². The molecule has 0 radical (unpaired) electrons. The highest BCUT2D eigenvalue weighted by Crippen LogP contribution is 2.23. The summed E-state index contributed by atoms with van der Waals surface area (Å²) in [6.07, 6.45) is 13.1. The van der Waals surface area contributed by atoms with Gasteiger partial charge < -0.3 is 15.2 Å². The zero-order chi connectivity index (χ0) is 17.9. The van der Waals surface area contributed by atoms with Crippen LogP contribution in [0.25, 0.3) is 11.6 Å². The number of nitrogens with zero attached hydrogens (tertiary/aromatic N) is 2. The van der Waals surface area contributed by atoms with E-state index < -0.39 is 0 Å². The van der Waals surface area contributed by atoms with Gasteiger partial charge >= 0.3 is 0 Å². The van der Waals surface area contributed by atoms with Crippen molar-refractivity contribution < 1.29 is 9.59 Å². The molecule has 2 amide bonds. The van der Waals surface area contributed by atoms with E-state index in [0.29, 0.717) is 31.7 Å². The number of aryl methyl sites for hydroxylation is 1. The average Bonchev–Trinajstić information content (AvgIpc) is 3.21. The third kappa shape index (κ3) is 3.44. The average molecular weight is 348 g/mol. The van der Waals surface area contributed by atoms with Crippen LogP contribution < -0.4 is 5.32 Å². The first-order chi connectivity index (χ1) is 12.7. The largest absolute Gasteiger partial charge is 0.367 e. The number of H-pyrrole nitrogens is 1. The van der Waals surface area contributed by atoms with Crippen molar-refractivity contribution in [3.8, 4) is 0 Å². The number of carbonyl (C=O) groups excluding carboxylic acids is 2. The van der Waals surface area contributed by atoms with Gasteiger partial charge in [-0.2, -0.15) is 0 Å². The van der Waals surface area contributed by atoms with Gasteiger partial charge in [0.2, 0.25) is 11.8 Å². The number of amides is 2. The predicted molar refractivity (Wildman–Crippen MR) is 100 cm³/mol. The smallest absolute Gasteiger partial charge is 0.246 e. The molecule has 0 fully saturated rings. The summed E-state index contributed by atoms with van der Waals surface area (Å²) in [7, 11) is 0. The summed E-state index contributed by atoms with van der Waals surface area (Å²) in [6.45, 7) is 1.34. The molecule has 4 heterocycles. The summed E-state index contributed by atoms with van der Waals surface area (Å²) in [6, 6.07) is 4.03. The minimum absolute atomic E-state index is 0.000363. The van der Waals surface area contributed by atoms with Crippen LogP contribution in [0.4, 0.5) is 5.82 Å². The minimum atomic E-state index is 0.000363. The van der Waals surface area contributed by atoms with Gasteiger partial charge in [0.25, 0.3) is 0 Å². The Morgan fingerprint density at radius 3 is 2.96 bits per heavy atom. The molecular formula is C20H20N4O2. The molecule has 6 nitrogen and oxygen atoms in total. The van der Waals surface area contributed by atoms with Crippen LogP contribution in [0.15, 0.2) is 42.9 Å². The van der Waals surface area contributed by atoms with Crippen LogP contribution in [-0.4, -0.2) is 39.8 Å². The molecule has 0 aromatic carbocycles. The Balaban J connectivity index is 1.40. The lowest BCUT2D eigenvalue weighted by Crippen LogP contribution is -2.33. The van der Waals surface area contributed by atoms with E-state index in [0.717, 1.165) is 17.5 Å². The maximum Gasteiger partial charge on any atom is 0.246 e. The van der Waals surface area contributed by atoms with E-state index in [2.05, 4.69) is 27.4 Å². The van der Waals surface area contributed by atoms with Crippen molar-refractivity contribution in [2.45, 2.75) is 19.3 Å². The topological polar surface area (TPSA) is 78.1 Å². The van der Waals surface area contributed by atoms with Crippen LogP contribution in [0.1, 0.15) is 29.5 Å². The highest BCUT2D eigenvalue weighted by atomic mass is 16.2. The molecule has 0 saturated heterocycles. The molecule has 0 spiro atoms. The van der Waals surface area contributed by atoms with Gasteiger partial charge in [0, 0.05) is 44.2 Å². The van der Waals surface area contributed by atoms with Gasteiger partial charge in [-0.25, -0.2) is 4.98 Å². The normalized spacial score (nSPS) is 17.0. The predicted octanol–water partition coefficient (Wildman–Crippen LogP) is 2.62. The number of fused-ring (bicyclic) bond motifs is 1. The minimum Gasteiger partial charge on any atom is -0.367 e. The summed E-state index contributed by atoms with van der Waals surface area (Å²) in [4.78, 5) is 33.0. The molecule has 2 aromatic rings. The summed E-state index contributed by atoms with van der Waals surface area (Å²) < 4.78 is 0. The second-order valence-electron chi connectivity index (χ2n) is 6.52. The van der Waals surface area contributed by atoms with E-state index in [-0.39, 0.29) is 11.8 Å². The summed E-state index contributed by atoms with van der Waals surface area (Å²) in [5.41, 5.74) is 4.35. The van der Waals surface area contributed by atoms with E-state index >= 15 is 0 Å². The molecule has 0 aliphatic carbocycles. The number of anilines is 1. The Kier molecular flexibility index (Phi) is 4.39. The Labute approximate surface area is 151 Å². The van der Waals surface area contributed by atoms with E-state index in [9.17, 15) is 9.59 Å². The molecular weight excluding hydrogens is 328 g/mol. The molecule has 26 heavy (non-hydrogen) atoms. The second kappa shape index (κ2) is 7.00. The zero-order valence-corrected chi connectivity index (χ0v) is 14.4.